The molecular formula is C24H25Cl2FN4O3. The van der Waals surface area contributed by atoms with E-state index in [0.717, 1.165) is 29.5 Å². The van der Waals surface area contributed by atoms with Crippen molar-refractivity contribution < 1.29 is 18.3 Å². The van der Waals surface area contributed by atoms with Gasteiger partial charge in [-0.05, 0) is 31.1 Å². The first-order valence-corrected chi connectivity index (χ1v) is 11.5. The van der Waals surface area contributed by atoms with E-state index in [0.29, 0.717) is 24.2 Å². The predicted molar refractivity (Wildman–Crippen MR) is 132 cm³/mol. The van der Waals surface area contributed by atoms with Gasteiger partial charge in [0.05, 0.1) is 23.2 Å². The molecule has 0 bridgehead atoms. The molecule has 0 fully saturated rings. The summed E-state index contributed by atoms with van der Waals surface area (Å²) < 4.78 is 25.9. The fourth-order valence-corrected chi connectivity index (χ4v) is 4.60. The van der Waals surface area contributed by atoms with Crippen LogP contribution in [0, 0.1) is 5.82 Å². The Labute approximate surface area is 206 Å². The summed E-state index contributed by atoms with van der Waals surface area (Å²) in [6.07, 6.45) is 5.42. The molecule has 4 rings (SSSR count). The van der Waals surface area contributed by atoms with Gasteiger partial charge in [-0.1, -0.05) is 29.3 Å². The van der Waals surface area contributed by atoms with Crippen molar-refractivity contribution >= 4 is 51.5 Å². The van der Waals surface area contributed by atoms with Crippen LogP contribution in [-0.2, 0) is 4.79 Å². The zero-order chi connectivity index (χ0) is 24.6. The average Bonchev–Trinajstić information content (AvgIpc) is 3.23. The first kappa shape index (κ1) is 24.3. The Morgan fingerprint density at radius 1 is 1.38 bits per heavy atom. The number of carbonyl (C=O) groups is 1. The lowest BCUT2D eigenvalue weighted by Crippen LogP contribution is -2.38. The van der Waals surface area contributed by atoms with Gasteiger partial charge >= 0.3 is 0 Å². The van der Waals surface area contributed by atoms with Crippen LogP contribution in [0.5, 0.6) is 5.75 Å². The first-order valence-electron chi connectivity index (χ1n) is 10.7. The van der Waals surface area contributed by atoms with Crippen molar-refractivity contribution in [1.82, 2.24) is 14.8 Å². The SMILES string of the molecule is CC(Oc1c(N)ncc2c(C3=CCN(CC(=O)N(C)C)CC3)coc12)c1c(Cl)ccc(F)c1Cl. The Morgan fingerprint density at radius 2 is 2.15 bits per heavy atom. The van der Waals surface area contributed by atoms with E-state index < -0.39 is 11.9 Å². The maximum Gasteiger partial charge on any atom is 0.236 e. The number of nitrogens with zero attached hydrogens (tertiary/aromatic N) is 3. The molecule has 3 aromatic rings. The molecule has 0 radical (unpaired) electrons. The van der Waals surface area contributed by atoms with Gasteiger partial charge in [-0.15, -0.1) is 0 Å². The number of benzene rings is 1. The molecule has 2 N–H and O–H groups in total. The summed E-state index contributed by atoms with van der Waals surface area (Å²) in [4.78, 5) is 20.0. The summed E-state index contributed by atoms with van der Waals surface area (Å²) in [6, 6.07) is 2.63. The molecule has 1 aromatic carbocycles. The Hall–Kier alpha value is -2.81. The highest BCUT2D eigenvalue weighted by atomic mass is 35.5. The van der Waals surface area contributed by atoms with Gasteiger partial charge in [-0.3, -0.25) is 9.69 Å². The van der Waals surface area contributed by atoms with Gasteiger partial charge in [-0.2, -0.15) is 0 Å². The second-order valence-electron chi connectivity index (χ2n) is 8.38. The van der Waals surface area contributed by atoms with Crippen molar-refractivity contribution in [1.29, 1.82) is 0 Å². The average molecular weight is 507 g/mol. The van der Waals surface area contributed by atoms with Crippen LogP contribution in [0.1, 0.15) is 30.6 Å². The summed E-state index contributed by atoms with van der Waals surface area (Å²) in [6.45, 7) is 3.47. The van der Waals surface area contributed by atoms with Crippen LogP contribution >= 0.6 is 23.2 Å². The maximum atomic E-state index is 14.0. The van der Waals surface area contributed by atoms with Crippen molar-refractivity contribution in [2.24, 2.45) is 0 Å². The number of nitrogen functional groups attached to an aromatic ring is 1. The number of anilines is 1. The Kier molecular flexibility index (Phi) is 7.02. The number of likely N-dealkylation sites (N-methyl/N-ethyl adjacent to an activating group) is 1. The third-order valence-corrected chi connectivity index (χ3v) is 6.59. The van der Waals surface area contributed by atoms with E-state index in [1.807, 2.05) is 0 Å². The molecule has 0 aliphatic carbocycles. The van der Waals surface area contributed by atoms with Crippen molar-refractivity contribution in [3.05, 3.63) is 57.7 Å². The highest BCUT2D eigenvalue weighted by molar-refractivity contribution is 6.36. The van der Waals surface area contributed by atoms with Crippen LogP contribution in [0.4, 0.5) is 10.2 Å². The largest absolute Gasteiger partial charge is 0.478 e. The number of ether oxygens (including phenoxy) is 1. The van der Waals surface area contributed by atoms with Gasteiger partial charge in [0.15, 0.2) is 11.4 Å². The second-order valence-corrected chi connectivity index (χ2v) is 9.17. The minimum atomic E-state index is -0.712. The molecule has 1 unspecified atom stereocenters. The molecule has 3 heterocycles. The number of pyridine rings is 1. The molecule has 34 heavy (non-hydrogen) atoms. The minimum Gasteiger partial charge on any atom is -0.478 e. The zero-order valence-corrected chi connectivity index (χ0v) is 20.6. The minimum absolute atomic E-state index is 0.0692. The highest BCUT2D eigenvalue weighted by Crippen LogP contribution is 2.41. The van der Waals surface area contributed by atoms with Crippen LogP contribution in [-0.4, -0.2) is 54.4 Å². The number of furan rings is 1. The van der Waals surface area contributed by atoms with Gasteiger partial charge in [0.2, 0.25) is 11.7 Å². The van der Waals surface area contributed by atoms with E-state index in [-0.39, 0.29) is 27.5 Å². The van der Waals surface area contributed by atoms with Crippen LogP contribution < -0.4 is 10.5 Å². The fourth-order valence-electron chi connectivity index (χ4n) is 3.93. The predicted octanol–water partition coefficient (Wildman–Crippen LogP) is 5.17. The van der Waals surface area contributed by atoms with E-state index in [4.69, 9.17) is 38.1 Å². The second kappa shape index (κ2) is 9.82. The van der Waals surface area contributed by atoms with Crippen molar-refractivity contribution in [2.45, 2.75) is 19.4 Å². The molecule has 0 spiro atoms. The van der Waals surface area contributed by atoms with Crippen LogP contribution in [0.15, 0.2) is 35.1 Å². The summed E-state index contributed by atoms with van der Waals surface area (Å²) in [5, 5.41) is 0.919. The Morgan fingerprint density at radius 3 is 2.82 bits per heavy atom. The first-order chi connectivity index (χ1) is 16.2. The summed E-state index contributed by atoms with van der Waals surface area (Å²) in [7, 11) is 3.50. The molecule has 0 saturated heterocycles. The normalized spacial score (nSPS) is 15.3. The fraction of sp³-hybridized carbons (Fsp3) is 0.333. The molecule has 2 aromatic heterocycles. The lowest BCUT2D eigenvalue weighted by molar-refractivity contribution is -0.129. The van der Waals surface area contributed by atoms with Crippen LogP contribution in [0.25, 0.3) is 16.5 Å². The number of amides is 1. The molecule has 10 heteroatoms. The molecule has 180 valence electrons. The molecule has 0 saturated carbocycles. The van der Waals surface area contributed by atoms with E-state index in [2.05, 4.69) is 16.0 Å². The lowest BCUT2D eigenvalue weighted by Gasteiger charge is -2.26. The monoisotopic (exact) mass is 506 g/mol. The topological polar surface area (TPSA) is 84.8 Å². The molecule has 1 aliphatic rings. The van der Waals surface area contributed by atoms with Crippen LogP contribution in [0.3, 0.4) is 0 Å². The Bertz CT molecular complexity index is 1270. The molecule has 7 nitrogen and oxygen atoms in total. The van der Waals surface area contributed by atoms with Crippen molar-refractivity contribution in [3.63, 3.8) is 0 Å². The number of carbonyl (C=O) groups excluding carboxylic acids is 1. The number of halogens is 3. The van der Waals surface area contributed by atoms with Crippen molar-refractivity contribution in [3.8, 4) is 5.75 Å². The van der Waals surface area contributed by atoms with Crippen molar-refractivity contribution in [2.75, 3.05) is 39.5 Å². The van der Waals surface area contributed by atoms with E-state index >= 15 is 0 Å². The number of rotatable bonds is 6. The van der Waals surface area contributed by atoms with Gasteiger partial charge < -0.3 is 19.8 Å². The lowest BCUT2D eigenvalue weighted by atomic mass is 9.99. The zero-order valence-electron chi connectivity index (χ0n) is 19.1. The maximum absolute atomic E-state index is 14.0. The smallest absolute Gasteiger partial charge is 0.236 e. The number of nitrogens with two attached hydrogens (primary N) is 1. The number of hydrogen-bond donors (Lipinski definition) is 1. The molecule has 1 amide bonds. The third kappa shape index (κ3) is 4.71. The van der Waals surface area contributed by atoms with Gasteiger partial charge in [0, 0.05) is 49.5 Å². The molecule has 1 aliphatic heterocycles. The number of fused-ring (bicyclic) bond motifs is 1. The quantitative estimate of drug-likeness (QED) is 0.464. The summed E-state index contributed by atoms with van der Waals surface area (Å²) >= 11 is 12.4. The van der Waals surface area contributed by atoms with E-state index in [1.165, 1.54) is 12.1 Å². The highest BCUT2D eigenvalue weighted by Gasteiger charge is 2.24. The summed E-state index contributed by atoms with van der Waals surface area (Å²) in [5.74, 6) is -0.150. The number of hydrogen-bond acceptors (Lipinski definition) is 6. The standard InChI is InChI=1S/C24H25Cl2FN4O3/c1-13(20-17(25)4-5-18(27)21(20)26)34-23-22-15(10-29-24(23)28)16(12-33-22)14-6-8-31(9-7-14)11-19(32)30(2)3/h4-6,10,12-13H,7-9,11H2,1-3H3,(H2,28,29). The van der Waals surface area contributed by atoms with E-state index in [9.17, 15) is 9.18 Å². The molecular weight excluding hydrogens is 482 g/mol. The third-order valence-electron chi connectivity index (χ3n) is 5.88. The number of aromatic nitrogens is 1. The van der Waals surface area contributed by atoms with Gasteiger partial charge in [0.25, 0.3) is 0 Å². The summed E-state index contributed by atoms with van der Waals surface area (Å²) in [5.41, 5.74) is 8.83. The molecule has 1 atom stereocenters. The van der Waals surface area contributed by atoms with Gasteiger partial charge in [-0.25, -0.2) is 9.37 Å². The van der Waals surface area contributed by atoms with E-state index in [1.54, 1.807) is 38.4 Å². The Balaban J connectivity index is 1.61. The van der Waals surface area contributed by atoms with Crippen LogP contribution in [0.2, 0.25) is 10.0 Å². The van der Waals surface area contributed by atoms with Gasteiger partial charge in [0.1, 0.15) is 11.9 Å².